The summed E-state index contributed by atoms with van der Waals surface area (Å²) in [4.78, 5) is 12.7. The Kier molecular flexibility index (Phi) is 10.0. The molecule has 0 radical (unpaired) electrons. The van der Waals surface area contributed by atoms with Gasteiger partial charge in [-0.15, -0.1) is 5.11 Å². The second-order valence-corrected chi connectivity index (χ2v) is 10.2. The number of azo groups is 1. The Labute approximate surface area is 256 Å². The summed E-state index contributed by atoms with van der Waals surface area (Å²) >= 11 is 12.5. The van der Waals surface area contributed by atoms with Crippen molar-refractivity contribution in [3.63, 3.8) is 0 Å². The van der Waals surface area contributed by atoms with Crippen molar-refractivity contribution in [1.29, 1.82) is 0 Å². The minimum absolute atomic E-state index is 0. The summed E-state index contributed by atoms with van der Waals surface area (Å²) in [7, 11) is -4.70. The van der Waals surface area contributed by atoms with Crippen LogP contribution < -0.4 is 44.7 Å². The van der Waals surface area contributed by atoms with Gasteiger partial charge in [-0.3, -0.25) is 9.35 Å². The number of nitrogens with zero attached hydrogens (tertiary/aromatic N) is 2. The van der Waals surface area contributed by atoms with E-state index in [1.807, 2.05) is 0 Å². The van der Waals surface area contributed by atoms with Crippen LogP contribution in [0.2, 0.25) is 10.0 Å². The number of para-hydroxylation sites is 1. The molecule has 0 bridgehead atoms. The molecule has 0 spiro atoms. The first-order valence-corrected chi connectivity index (χ1v) is 13.4. The van der Waals surface area contributed by atoms with Gasteiger partial charge in [0.1, 0.15) is 10.6 Å². The minimum atomic E-state index is -4.70. The Morgan fingerprint density at radius 2 is 1.74 bits per heavy atom. The van der Waals surface area contributed by atoms with Crippen molar-refractivity contribution in [2.75, 3.05) is 11.9 Å². The van der Waals surface area contributed by atoms with E-state index in [0.29, 0.717) is 22.9 Å². The molecular formula is C26H20Cl2N3NaO6S. The number of aryl methyl sites for hydroxylation is 1. The van der Waals surface area contributed by atoms with Gasteiger partial charge in [-0.25, -0.2) is 0 Å². The molecule has 0 saturated carbocycles. The predicted octanol–water partition coefficient (Wildman–Crippen LogP) is 3.85. The minimum Gasteiger partial charge on any atom is -0.870 e. The molecule has 0 aliphatic heterocycles. The number of halogens is 2. The second kappa shape index (κ2) is 12.6. The summed E-state index contributed by atoms with van der Waals surface area (Å²) < 4.78 is 38.9. The van der Waals surface area contributed by atoms with E-state index in [-0.39, 0.29) is 68.0 Å². The van der Waals surface area contributed by atoms with Crippen molar-refractivity contribution in [1.82, 2.24) is 0 Å². The Hall–Kier alpha value is -2.70. The number of carbonyl (C=O) groups is 1. The molecule has 9 nitrogen and oxygen atoms in total. The van der Waals surface area contributed by atoms with E-state index in [9.17, 15) is 22.9 Å². The van der Waals surface area contributed by atoms with E-state index in [2.05, 4.69) is 15.5 Å². The molecule has 4 aromatic carbocycles. The number of carbonyl (C=O) groups excluding carboxylic acids is 1. The van der Waals surface area contributed by atoms with Gasteiger partial charge >= 0.3 is 29.6 Å². The molecule has 0 aliphatic rings. The van der Waals surface area contributed by atoms with Gasteiger partial charge in [0, 0.05) is 10.9 Å². The molecule has 13 heteroatoms. The quantitative estimate of drug-likeness (QED) is 0.189. The summed E-state index contributed by atoms with van der Waals surface area (Å²) in [6.07, 6.45) is 0. The summed E-state index contributed by atoms with van der Waals surface area (Å²) in [5.74, 6) is -1.25. The fourth-order valence-corrected chi connectivity index (χ4v) is 4.83. The van der Waals surface area contributed by atoms with Crippen LogP contribution in [0.4, 0.5) is 17.1 Å². The van der Waals surface area contributed by atoms with E-state index < -0.39 is 26.7 Å². The predicted molar refractivity (Wildman–Crippen MR) is 144 cm³/mol. The maximum Gasteiger partial charge on any atom is 1.00 e. The molecule has 4 aromatic rings. The summed E-state index contributed by atoms with van der Waals surface area (Å²) in [6, 6.07) is 15.4. The second-order valence-electron chi connectivity index (χ2n) is 8.04. The Morgan fingerprint density at radius 1 is 1.05 bits per heavy atom. The van der Waals surface area contributed by atoms with Crippen LogP contribution in [0.1, 0.15) is 22.8 Å². The molecule has 0 fully saturated rings. The topological polar surface area (TPSA) is 140 Å². The van der Waals surface area contributed by atoms with E-state index in [0.717, 1.165) is 6.07 Å². The maximum atomic E-state index is 13.5. The Morgan fingerprint density at radius 3 is 2.44 bits per heavy atom. The molecule has 4 rings (SSSR count). The fourth-order valence-electron chi connectivity index (χ4n) is 3.71. The molecule has 0 aromatic heterocycles. The average Bonchev–Trinajstić information content (AvgIpc) is 2.86. The van der Waals surface area contributed by atoms with E-state index in [4.69, 9.17) is 27.9 Å². The van der Waals surface area contributed by atoms with Crippen molar-refractivity contribution in [3.8, 4) is 11.5 Å². The van der Waals surface area contributed by atoms with Crippen molar-refractivity contribution in [2.45, 2.75) is 18.7 Å². The Bertz CT molecular complexity index is 1710. The van der Waals surface area contributed by atoms with Gasteiger partial charge in [0.25, 0.3) is 16.0 Å². The zero-order valence-corrected chi connectivity index (χ0v) is 25.4. The van der Waals surface area contributed by atoms with Crippen LogP contribution >= 0.6 is 23.2 Å². The first-order valence-electron chi connectivity index (χ1n) is 11.2. The molecule has 0 unspecified atom stereocenters. The smallest absolute Gasteiger partial charge is 0.870 e. The van der Waals surface area contributed by atoms with Crippen LogP contribution in [0.25, 0.3) is 10.8 Å². The molecule has 0 atom stereocenters. The molecule has 0 aliphatic carbocycles. The molecule has 0 heterocycles. The normalized spacial score (nSPS) is 11.4. The third-order valence-electron chi connectivity index (χ3n) is 5.52. The molecule has 1 amide bonds. The zero-order chi connectivity index (χ0) is 27.6. The number of anilines is 1. The van der Waals surface area contributed by atoms with Crippen LogP contribution in [-0.2, 0) is 10.1 Å². The SMILES string of the molecule is CCOc1c(Cl)cccc1NC(=O)c1cc2ccccc2c(N=Nc2c(S(=O)(=O)O)ccc(C)c2Cl)c1[O-].[Na+]. The molecule has 39 heavy (non-hydrogen) atoms. The van der Waals surface area contributed by atoms with E-state index in [1.54, 1.807) is 56.3 Å². The van der Waals surface area contributed by atoms with Gasteiger partial charge in [0.05, 0.1) is 28.0 Å². The van der Waals surface area contributed by atoms with Crippen molar-refractivity contribution < 1.29 is 57.2 Å². The third-order valence-corrected chi connectivity index (χ3v) is 7.18. The van der Waals surface area contributed by atoms with E-state index in [1.165, 1.54) is 12.1 Å². The van der Waals surface area contributed by atoms with Crippen molar-refractivity contribution >= 4 is 67.1 Å². The summed E-state index contributed by atoms with van der Waals surface area (Å²) in [5, 5.41) is 25.2. The van der Waals surface area contributed by atoms with Crippen LogP contribution in [-0.4, -0.2) is 25.5 Å². The van der Waals surface area contributed by atoms with Crippen molar-refractivity contribution in [3.05, 3.63) is 81.8 Å². The number of rotatable bonds is 7. The number of benzene rings is 4. The standard InChI is InChI=1S/C26H21Cl2N3O6S.Na/c1-3-37-25-18(27)9-6-10-19(25)29-26(33)17-13-15-7-4-5-8-16(15)22(24(17)32)30-31-23-20(38(34,35)36)12-11-14(2)21(23)28;/h4-13,32H,3H2,1-2H3,(H,29,33)(H,34,35,36);/q;+1/p-1. The number of hydrogen-bond donors (Lipinski definition) is 2. The number of nitrogens with one attached hydrogen (secondary N) is 1. The first kappa shape index (κ1) is 30.8. The van der Waals surface area contributed by atoms with Gasteiger partial charge in [-0.2, -0.15) is 13.5 Å². The number of fused-ring (bicyclic) bond motifs is 1. The van der Waals surface area contributed by atoms with Crippen LogP contribution in [0, 0.1) is 6.92 Å². The monoisotopic (exact) mass is 595 g/mol. The van der Waals surface area contributed by atoms with Crippen molar-refractivity contribution in [2.24, 2.45) is 10.2 Å². The first-order chi connectivity index (χ1) is 18.0. The van der Waals surface area contributed by atoms with Crippen LogP contribution in [0.3, 0.4) is 0 Å². The molecular weight excluding hydrogens is 576 g/mol. The zero-order valence-electron chi connectivity index (χ0n) is 21.0. The van der Waals surface area contributed by atoms with Gasteiger partial charge in [-0.1, -0.05) is 65.3 Å². The van der Waals surface area contributed by atoms with Gasteiger partial charge in [0.15, 0.2) is 5.75 Å². The summed E-state index contributed by atoms with van der Waals surface area (Å²) in [6.45, 7) is 3.67. The van der Waals surface area contributed by atoms with Gasteiger partial charge in [-0.05, 0) is 49.1 Å². The van der Waals surface area contributed by atoms with Crippen LogP contribution in [0.5, 0.6) is 11.5 Å². The fraction of sp³-hybridized carbons (Fsp3) is 0.115. The van der Waals surface area contributed by atoms with E-state index >= 15 is 0 Å². The molecule has 2 N–H and O–H groups in total. The van der Waals surface area contributed by atoms with Gasteiger partial charge < -0.3 is 15.2 Å². The molecule has 0 saturated heterocycles. The maximum absolute atomic E-state index is 13.5. The largest absolute Gasteiger partial charge is 1.00 e. The van der Waals surface area contributed by atoms with Crippen LogP contribution in [0.15, 0.2) is 75.8 Å². The average molecular weight is 596 g/mol. The Balaban J connectivity index is 0.00000420. The third kappa shape index (κ3) is 6.55. The number of ether oxygens (including phenoxy) is 1. The molecule has 196 valence electrons. The summed E-state index contributed by atoms with van der Waals surface area (Å²) in [5.41, 5.74) is -0.0640. The number of amides is 1. The van der Waals surface area contributed by atoms with Gasteiger partial charge in [0.2, 0.25) is 0 Å². The number of hydrogen-bond acceptors (Lipinski definition) is 7.